The molecule has 4 aromatic rings. The summed E-state index contributed by atoms with van der Waals surface area (Å²) in [5.74, 6) is 0.126. The zero-order valence-electron chi connectivity index (χ0n) is 16.3. The van der Waals surface area contributed by atoms with Crippen LogP contribution in [-0.4, -0.2) is 49.5 Å². The fourth-order valence-electron chi connectivity index (χ4n) is 2.73. The Bertz CT molecular complexity index is 1140. The number of nitrogens with two attached hydrogens (primary N) is 1. The lowest BCUT2D eigenvalue weighted by atomic mass is 10.2. The number of nitrogens with one attached hydrogen (secondary N) is 2. The lowest BCUT2D eigenvalue weighted by molar-refractivity contribution is 0.0944. The third kappa shape index (κ3) is 5.00. The minimum Gasteiger partial charge on any atom is -0.423 e. The molecule has 0 radical (unpaired) electrons. The predicted octanol–water partition coefficient (Wildman–Crippen LogP) is 0.939. The van der Waals surface area contributed by atoms with Crippen LogP contribution < -0.4 is 21.1 Å². The first kappa shape index (κ1) is 20.0. The van der Waals surface area contributed by atoms with Crippen molar-refractivity contribution in [3.8, 4) is 17.4 Å². The third-order valence-corrected chi connectivity index (χ3v) is 4.19. The molecule has 0 saturated carbocycles. The van der Waals surface area contributed by atoms with Gasteiger partial charge in [0.2, 0.25) is 11.5 Å². The van der Waals surface area contributed by atoms with Crippen molar-refractivity contribution in [2.75, 3.05) is 18.8 Å². The Morgan fingerprint density at radius 2 is 1.97 bits per heavy atom. The standard InChI is InChI=1S/C19H19N9O3/c20-17-16(24-31-25-17)18(29)22-10-9-21-12-13-5-4-8-15(11-13)30-19-23-26-27-28(19)14-6-2-1-3-7-14/h1-8,11,21H,9-10,12H2,(H2,20,25)(H,22,29). The molecule has 4 N–H and O–H groups in total. The van der Waals surface area contributed by atoms with E-state index in [4.69, 9.17) is 10.5 Å². The van der Waals surface area contributed by atoms with E-state index in [9.17, 15) is 4.79 Å². The quantitative estimate of drug-likeness (QED) is 0.332. The van der Waals surface area contributed by atoms with Crippen molar-refractivity contribution in [3.63, 3.8) is 0 Å². The number of tetrazole rings is 1. The van der Waals surface area contributed by atoms with Gasteiger partial charge < -0.3 is 21.1 Å². The van der Waals surface area contributed by atoms with Crippen molar-refractivity contribution >= 4 is 11.7 Å². The summed E-state index contributed by atoms with van der Waals surface area (Å²) in [7, 11) is 0. The van der Waals surface area contributed by atoms with Crippen molar-refractivity contribution in [2.24, 2.45) is 0 Å². The van der Waals surface area contributed by atoms with E-state index in [0.717, 1.165) is 11.3 Å². The van der Waals surface area contributed by atoms with Gasteiger partial charge in [-0.3, -0.25) is 4.79 Å². The summed E-state index contributed by atoms with van der Waals surface area (Å²) >= 11 is 0. The Balaban J connectivity index is 1.28. The first-order valence-electron chi connectivity index (χ1n) is 9.38. The Hall–Kier alpha value is -4.32. The Morgan fingerprint density at radius 3 is 2.77 bits per heavy atom. The van der Waals surface area contributed by atoms with Crippen molar-refractivity contribution < 1.29 is 14.2 Å². The van der Waals surface area contributed by atoms with Crippen molar-refractivity contribution in [1.29, 1.82) is 0 Å². The topological polar surface area (TPSA) is 159 Å². The van der Waals surface area contributed by atoms with Crippen LogP contribution in [0, 0.1) is 0 Å². The maximum absolute atomic E-state index is 11.9. The molecule has 2 aromatic carbocycles. The number of rotatable bonds is 9. The highest BCUT2D eigenvalue weighted by molar-refractivity contribution is 5.95. The van der Waals surface area contributed by atoms with Crippen LogP contribution in [0.1, 0.15) is 16.1 Å². The number of ether oxygens (including phenoxy) is 1. The van der Waals surface area contributed by atoms with Gasteiger partial charge in [-0.05, 0) is 50.6 Å². The van der Waals surface area contributed by atoms with E-state index in [1.54, 1.807) is 0 Å². The number of hydrogen-bond donors (Lipinski definition) is 3. The molecule has 12 nitrogen and oxygen atoms in total. The number of nitrogens with zero attached hydrogens (tertiary/aromatic N) is 6. The molecule has 1 amide bonds. The minimum atomic E-state index is -0.438. The molecule has 0 spiro atoms. The maximum Gasteiger partial charge on any atom is 0.345 e. The minimum absolute atomic E-state index is 0.0253. The molecule has 0 unspecified atom stereocenters. The van der Waals surface area contributed by atoms with Crippen LogP contribution in [0.25, 0.3) is 5.69 Å². The molecule has 4 rings (SSSR count). The van der Waals surface area contributed by atoms with Gasteiger partial charge in [0.15, 0.2) is 0 Å². The maximum atomic E-state index is 11.9. The molecule has 0 bridgehead atoms. The summed E-state index contributed by atoms with van der Waals surface area (Å²) in [5, 5.41) is 24.4. The number of carbonyl (C=O) groups excluding carboxylic acids is 1. The highest BCUT2D eigenvalue weighted by atomic mass is 16.6. The summed E-state index contributed by atoms with van der Waals surface area (Å²) in [6.45, 7) is 1.49. The van der Waals surface area contributed by atoms with E-state index < -0.39 is 5.91 Å². The Morgan fingerprint density at radius 1 is 1.10 bits per heavy atom. The highest BCUT2D eigenvalue weighted by Crippen LogP contribution is 2.22. The molecule has 2 aromatic heterocycles. The van der Waals surface area contributed by atoms with Crippen LogP contribution in [0.2, 0.25) is 0 Å². The van der Waals surface area contributed by atoms with Gasteiger partial charge in [-0.25, -0.2) is 4.63 Å². The Kier molecular flexibility index (Phi) is 6.09. The van der Waals surface area contributed by atoms with Crippen LogP contribution >= 0.6 is 0 Å². The fourth-order valence-corrected chi connectivity index (χ4v) is 2.73. The molecule has 0 fully saturated rings. The normalized spacial score (nSPS) is 10.7. The van der Waals surface area contributed by atoms with Gasteiger partial charge in [-0.1, -0.05) is 35.4 Å². The van der Waals surface area contributed by atoms with E-state index >= 15 is 0 Å². The summed E-state index contributed by atoms with van der Waals surface area (Å²) in [4.78, 5) is 11.9. The van der Waals surface area contributed by atoms with E-state index in [0.29, 0.717) is 25.4 Å². The first-order valence-corrected chi connectivity index (χ1v) is 9.38. The Labute approximate surface area is 176 Å². The van der Waals surface area contributed by atoms with Gasteiger partial charge in [0.05, 0.1) is 5.69 Å². The zero-order valence-corrected chi connectivity index (χ0v) is 16.3. The largest absolute Gasteiger partial charge is 0.423 e. The van der Waals surface area contributed by atoms with Crippen LogP contribution in [0.4, 0.5) is 5.82 Å². The number of anilines is 1. The van der Waals surface area contributed by atoms with Gasteiger partial charge in [0.25, 0.3) is 5.91 Å². The molecule has 158 valence electrons. The highest BCUT2D eigenvalue weighted by Gasteiger charge is 2.15. The summed E-state index contributed by atoms with van der Waals surface area (Å²) < 4.78 is 11.8. The lowest BCUT2D eigenvalue weighted by Crippen LogP contribution is -2.32. The second-order valence-corrected chi connectivity index (χ2v) is 6.39. The summed E-state index contributed by atoms with van der Waals surface area (Å²) in [5.41, 5.74) is 7.25. The molecule has 0 atom stereocenters. The average Bonchev–Trinajstić information content (AvgIpc) is 3.43. The third-order valence-electron chi connectivity index (χ3n) is 4.19. The van der Waals surface area contributed by atoms with E-state index in [2.05, 4.69) is 41.1 Å². The number of hydrogen-bond acceptors (Lipinski definition) is 10. The summed E-state index contributed by atoms with van der Waals surface area (Å²) in [6.07, 6.45) is 0. The van der Waals surface area contributed by atoms with Crippen LogP contribution in [-0.2, 0) is 6.54 Å². The van der Waals surface area contributed by atoms with E-state index in [1.165, 1.54) is 4.68 Å². The zero-order chi connectivity index (χ0) is 21.5. The number of para-hydroxylation sites is 1. The van der Waals surface area contributed by atoms with E-state index in [1.807, 2.05) is 54.6 Å². The summed E-state index contributed by atoms with van der Waals surface area (Å²) in [6, 6.07) is 17.3. The number of aromatic nitrogens is 6. The van der Waals surface area contributed by atoms with E-state index in [-0.39, 0.29) is 17.5 Å². The number of benzene rings is 2. The van der Waals surface area contributed by atoms with Crippen LogP contribution in [0.3, 0.4) is 0 Å². The number of amides is 1. The molecular weight excluding hydrogens is 402 g/mol. The predicted molar refractivity (Wildman–Crippen MR) is 108 cm³/mol. The first-order chi connectivity index (χ1) is 15.2. The van der Waals surface area contributed by atoms with Crippen molar-refractivity contribution in [3.05, 3.63) is 65.9 Å². The molecular formula is C19H19N9O3. The molecule has 31 heavy (non-hydrogen) atoms. The van der Waals surface area contributed by atoms with Crippen LogP contribution in [0.15, 0.2) is 59.2 Å². The molecule has 0 aliphatic carbocycles. The monoisotopic (exact) mass is 421 g/mol. The number of nitrogen functional groups attached to an aromatic ring is 1. The molecule has 0 aliphatic heterocycles. The molecule has 12 heteroatoms. The second kappa shape index (κ2) is 9.45. The van der Waals surface area contributed by atoms with Gasteiger partial charge in [0.1, 0.15) is 5.75 Å². The van der Waals surface area contributed by atoms with Crippen molar-refractivity contribution in [1.82, 2.24) is 41.2 Å². The molecule has 0 saturated heterocycles. The van der Waals surface area contributed by atoms with Gasteiger partial charge in [0, 0.05) is 19.6 Å². The lowest BCUT2D eigenvalue weighted by Gasteiger charge is -2.09. The molecule has 2 heterocycles. The molecule has 0 aliphatic rings. The van der Waals surface area contributed by atoms with Gasteiger partial charge in [-0.2, -0.15) is 4.68 Å². The fraction of sp³-hybridized carbons (Fsp3) is 0.158. The van der Waals surface area contributed by atoms with Crippen molar-refractivity contribution in [2.45, 2.75) is 6.54 Å². The van der Waals surface area contributed by atoms with Gasteiger partial charge in [-0.15, -0.1) is 0 Å². The SMILES string of the molecule is Nc1nonc1C(=O)NCCNCc1cccc(Oc2nnnn2-c2ccccc2)c1. The van der Waals surface area contributed by atoms with Crippen LogP contribution in [0.5, 0.6) is 11.8 Å². The van der Waals surface area contributed by atoms with Gasteiger partial charge >= 0.3 is 6.01 Å². The smallest absolute Gasteiger partial charge is 0.345 e. The average molecular weight is 421 g/mol. The second-order valence-electron chi connectivity index (χ2n) is 6.39. The number of carbonyl (C=O) groups is 1.